The van der Waals surface area contributed by atoms with E-state index in [1.807, 2.05) is 26.8 Å². The first-order valence-corrected chi connectivity index (χ1v) is 31.4. The van der Waals surface area contributed by atoms with E-state index in [1.54, 1.807) is 0 Å². The number of ether oxygens (including phenoxy) is 1. The first-order valence-electron chi connectivity index (χ1n) is 31.4. The molecular formula is C83H91N3O. The summed E-state index contributed by atoms with van der Waals surface area (Å²) in [7, 11) is 0. The molecule has 4 aliphatic carbocycles. The first-order chi connectivity index (χ1) is 41.2. The highest BCUT2D eigenvalue weighted by Crippen LogP contribution is 2.67. The molecule has 0 radical (unpaired) electrons. The Hall–Kier alpha value is -8.05. The number of nitrogens with zero attached hydrogens (tertiary/aromatic N) is 3. The van der Waals surface area contributed by atoms with Crippen molar-refractivity contribution in [2.75, 3.05) is 13.2 Å². The molecular weight excluding hydrogens is 1050 g/mol. The number of rotatable bonds is 2. The van der Waals surface area contributed by atoms with Crippen LogP contribution in [-0.2, 0) is 26.4 Å². The molecule has 0 N–H and O–H groups in total. The van der Waals surface area contributed by atoms with Gasteiger partial charge in [0.1, 0.15) is 17.5 Å². The maximum absolute atomic E-state index is 5.20. The molecule has 0 spiro atoms. The van der Waals surface area contributed by atoms with Crippen LogP contribution in [-0.4, -0.2) is 28.2 Å². The van der Waals surface area contributed by atoms with Crippen molar-refractivity contribution < 1.29 is 4.74 Å². The van der Waals surface area contributed by atoms with Gasteiger partial charge in [-0.2, -0.15) is 0 Å². The van der Waals surface area contributed by atoms with E-state index in [0.29, 0.717) is 11.3 Å². The van der Waals surface area contributed by atoms with E-state index in [2.05, 4.69) is 307 Å². The third-order valence-corrected chi connectivity index (χ3v) is 17.9. The summed E-state index contributed by atoms with van der Waals surface area (Å²) in [4.78, 5) is 12.0. The van der Waals surface area contributed by atoms with Crippen LogP contribution in [0.15, 0.2) is 194 Å². The third kappa shape index (κ3) is 12.3. The normalized spacial score (nSPS) is 15.4. The second kappa shape index (κ2) is 24.3. The summed E-state index contributed by atoms with van der Waals surface area (Å²) in [5, 5.41) is 0. The van der Waals surface area contributed by atoms with Crippen LogP contribution in [0.5, 0.6) is 0 Å². The highest BCUT2D eigenvalue weighted by Gasteiger charge is 2.52. The Kier molecular flexibility index (Phi) is 17.3. The van der Waals surface area contributed by atoms with E-state index in [1.165, 1.54) is 122 Å². The Balaban J connectivity index is 0.000000130. The second-order valence-electron chi connectivity index (χ2n) is 28.3. The molecule has 0 bridgehead atoms. The predicted octanol–water partition coefficient (Wildman–Crippen LogP) is 21.5. The van der Waals surface area contributed by atoms with Crippen LogP contribution < -0.4 is 0 Å². The van der Waals surface area contributed by atoms with E-state index in [4.69, 9.17) is 4.74 Å². The summed E-state index contributed by atoms with van der Waals surface area (Å²) in [5.74, 6) is 2.99. The van der Waals surface area contributed by atoms with Gasteiger partial charge >= 0.3 is 0 Å². The van der Waals surface area contributed by atoms with E-state index in [0.717, 1.165) is 30.7 Å². The Morgan fingerprint density at radius 3 is 0.897 bits per heavy atom. The van der Waals surface area contributed by atoms with Crippen molar-refractivity contribution in [1.29, 1.82) is 0 Å². The summed E-state index contributed by atoms with van der Waals surface area (Å²) < 4.78 is 5.20. The molecule has 1 aromatic heterocycles. The number of hydrogen-bond acceptors (Lipinski definition) is 4. The second-order valence-corrected chi connectivity index (χ2v) is 28.3. The van der Waals surface area contributed by atoms with Gasteiger partial charge in [0.05, 0.1) is 13.2 Å². The van der Waals surface area contributed by atoms with Crippen molar-refractivity contribution >= 4 is 0 Å². The zero-order valence-corrected chi connectivity index (χ0v) is 55.2. The van der Waals surface area contributed by atoms with Crippen molar-refractivity contribution in [1.82, 2.24) is 15.0 Å². The fourth-order valence-electron chi connectivity index (χ4n) is 14.2. The minimum atomic E-state index is -0.0383. The van der Waals surface area contributed by atoms with Gasteiger partial charge in [-0.15, -0.1) is 0 Å². The van der Waals surface area contributed by atoms with Gasteiger partial charge in [-0.1, -0.05) is 294 Å². The first kappa shape index (κ1) is 62.0. The zero-order chi connectivity index (χ0) is 62.4. The molecule has 4 nitrogen and oxygen atoms in total. The molecule has 444 valence electrons. The Morgan fingerprint density at radius 2 is 0.598 bits per heavy atom. The maximum Gasteiger partial charge on any atom is 0.129 e. The molecule has 87 heavy (non-hydrogen) atoms. The molecule has 1 fully saturated rings. The van der Waals surface area contributed by atoms with Crippen molar-refractivity contribution in [2.24, 2.45) is 5.41 Å². The zero-order valence-electron chi connectivity index (χ0n) is 55.2. The van der Waals surface area contributed by atoms with Gasteiger partial charge in [0.25, 0.3) is 0 Å². The van der Waals surface area contributed by atoms with Crippen LogP contribution in [0, 0.1) is 47.0 Å². The summed E-state index contributed by atoms with van der Waals surface area (Å²) in [5.41, 5.74) is 32.1. The van der Waals surface area contributed by atoms with Gasteiger partial charge in [0.15, 0.2) is 0 Å². The molecule has 0 saturated carbocycles. The van der Waals surface area contributed by atoms with E-state index in [9.17, 15) is 0 Å². The number of aryl methyl sites for hydroxylation is 6. The third-order valence-electron chi connectivity index (χ3n) is 17.9. The summed E-state index contributed by atoms with van der Waals surface area (Å²) in [6.45, 7) is 41.7. The SMILES string of the molecule is CC(C)(C)C.CC1(C)c2ccccc2-c2c1c1c(c3c2C(C)(C)c2ccccc2-3)C(C)(C)c2ccccc2-1.CC1(C)c2ccccc2-c2ccccc21.Cc1cc(C)cc(C)c1.Cc1nc(C)nc(C)n1.c1ccc(-c2ccc(C3COC3)cc2)cc1. The maximum atomic E-state index is 5.20. The number of hydrogen-bond donors (Lipinski definition) is 0. The predicted molar refractivity (Wildman–Crippen MR) is 368 cm³/mol. The van der Waals surface area contributed by atoms with E-state index in [-0.39, 0.29) is 21.7 Å². The monoisotopic (exact) mass is 1150 g/mol. The van der Waals surface area contributed by atoms with Crippen LogP contribution in [0.25, 0.3) is 55.6 Å². The molecule has 2 heterocycles. The van der Waals surface area contributed by atoms with Crippen molar-refractivity contribution in [3.05, 3.63) is 278 Å². The van der Waals surface area contributed by atoms with Crippen LogP contribution >= 0.6 is 0 Å². The lowest BCUT2D eigenvalue weighted by atomic mass is 9.71. The minimum absolute atomic E-state index is 0.0383. The van der Waals surface area contributed by atoms with Gasteiger partial charge in [0, 0.05) is 27.6 Å². The van der Waals surface area contributed by atoms with Gasteiger partial charge in [-0.25, -0.2) is 15.0 Å². The van der Waals surface area contributed by atoms with Gasteiger partial charge in [0.2, 0.25) is 0 Å². The van der Waals surface area contributed by atoms with Crippen LogP contribution in [0.4, 0.5) is 0 Å². The lowest BCUT2D eigenvalue weighted by Gasteiger charge is -2.31. The van der Waals surface area contributed by atoms with Gasteiger partial charge in [-0.3, -0.25) is 0 Å². The lowest BCUT2D eigenvalue weighted by molar-refractivity contribution is 0.00843. The molecule has 1 saturated heterocycles. The van der Waals surface area contributed by atoms with Crippen LogP contribution in [0.3, 0.4) is 0 Å². The van der Waals surface area contributed by atoms with Crippen LogP contribution in [0.2, 0.25) is 0 Å². The standard InChI is InChI=1S/C33H30.C15H14O.C15H14.C9H12.C6H9N3.C5H12/c1-31(2)22-16-10-7-13-19(22)25-28(31)26-20-14-8-11-17-23(20)32(3,4)30(26)27-21-15-9-12-18-24(21)33(5,6)29(25)27;1-2-4-12(5-3-1)13-6-8-14(9-7-13)15-10-16-11-15;1-15(2)13-9-5-3-7-11(13)12-8-4-6-10-14(12)15;1-7-4-8(2)6-9(3)5-7;1-4-7-5(2)9-6(3)8-4;1-5(2,3)4/h7-18H,1-6H3;1-9,15H,10-11H2;3-10H,1-2H3;4-6H,1-3H3;1-3H3;1-4H3. The molecule has 4 heteroatoms. The lowest BCUT2D eigenvalue weighted by Crippen LogP contribution is -2.24. The largest absolute Gasteiger partial charge is 0.380 e. The summed E-state index contributed by atoms with van der Waals surface area (Å²) in [6, 6.07) is 70.8. The minimum Gasteiger partial charge on any atom is -0.380 e. The highest BCUT2D eigenvalue weighted by molar-refractivity contribution is 6.04. The van der Waals surface area contributed by atoms with E-state index >= 15 is 0 Å². The molecule has 15 rings (SSSR count). The number of aromatic nitrogens is 3. The van der Waals surface area contributed by atoms with Gasteiger partial charge in [-0.05, 0) is 153 Å². The molecule has 9 aromatic carbocycles. The van der Waals surface area contributed by atoms with Gasteiger partial charge < -0.3 is 4.74 Å². The fourth-order valence-corrected chi connectivity index (χ4v) is 14.2. The molecule has 0 atom stereocenters. The highest BCUT2D eigenvalue weighted by atomic mass is 16.5. The summed E-state index contributed by atoms with van der Waals surface area (Å²) in [6.07, 6.45) is 0. The topological polar surface area (TPSA) is 47.9 Å². The van der Waals surface area contributed by atoms with Crippen LogP contribution in [0.1, 0.15) is 173 Å². The van der Waals surface area contributed by atoms with Crippen molar-refractivity contribution in [2.45, 2.75) is 152 Å². The fraction of sp³-hybridized carbons (Fsp3) is 0.313. The quantitative estimate of drug-likeness (QED) is 0.173. The average Bonchev–Trinajstić information content (AvgIpc) is 1.50. The molecule has 0 amide bonds. The Morgan fingerprint density at radius 1 is 0.333 bits per heavy atom. The molecule has 5 aliphatic rings. The van der Waals surface area contributed by atoms with Crippen molar-refractivity contribution in [3.63, 3.8) is 0 Å². The Labute approximate surface area is 521 Å². The number of benzene rings is 9. The Bertz CT molecular complexity index is 3720. The molecule has 10 aromatic rings. The molecule has 0 unspecified atom stereocenters. The summed E-state index contributed by atoms with van der Waals surface area (Å²) >= 11 is 0. The smallest absolute Gasteiger partial charge is 0.129 e. The van der Waals surface area contributed by atoms with E-state index < -0.39 is 0 Å². The average molecular weight is 1150 g/mol. The number of fused-ring (bicyclic) bond motifs is 15. The van der Waals surface area contributed by atoms with Crippen molar-refractivity contribution in [3.8, 4) is 55.6 Å². The molecule has 1 aliphatic heterocycles.